The van der Waals surface area contributed by atoms with Crippen LogP contribution in [0.25, 0.3) is 5.65 Å². The molecule has 3 heterocycles. The molecule has 1 saturated heterocycles. The highest BCUT2D eigenvalue weighted by molar-refractivity contribution is 7.99. The first-order valence-electron chi connectivity index (χ1n) is 8.52. The van der Waals surface area contributed by atoms with E-state index in [9.17, 15) is 4.79 Å². The summed E-state index contributed by atoms with van der Waals surface area (Å²) < 4.78 is 1.82. The number of rotatable bonds is 4. The lowest BCUT2D eigenvalue weighted by molar-refractivity contribution is 0.0642. The Balaban J connectivity index is 1.67. The van der Waals surface area contributed by atoms with Crippen molar-refractivity contribution < 1.29 is 4.79 Å². The number of benzene rings is 1. The van der Waals surface area contributed by atoms with Crippen molar-refractivity contribution in [1.82, 2.24) is 19.3 Å². The van der Waals surface area contributed by atoms with Gasteiger partial charge in [-0.3, -0.25) is 14.2 Å². The third-order valence-electron chi connectivity index (χ3n) is 4.62. The van der Waals surface area contributed by atoms with E-state index in [1.165, 1.54) is 0 Å². The fraction of sp³-hybridized carbons (Fsp3) is 0.316. The minimum Gasteiger partial charge on any atom is -0.330 e. The summed E-state index contributed by atoms with van der Waals surface area (Å²) in [5.74, 6) is 2.26. The topological polar surface area (TPSA) is 50.5 Å². The van der Waals surface area contributed by atoms with Gasteiger partial charge in [0.25, 0.3) is 5.91 Å². The Morgan fingerprint density at radius 3 is 2.80 bits per heavy atom. The number of aromatic nitrogens is 3. The van der Waals surface area contributed by atoms with Crippen LogP contribution in [0.2, 0.25) is 0 Å². The molecule has 128 valence electrons. The smallest absolute Gasteiger partial charge is 0.273 e. The van der Waals surface area contributed by atoms with E-state index in [0.717, 1.165) is 29.9 Å². The Morgan fingerprint density at radius 1 is 1.20 bits per heavy atom. The lowest BCUT2D eigenvalue weighted by Crippen LogP contribution is -2.42. The van der Waals surface area contributed by atoms with Gasteiger partial charge in [-0.25, -0.2) is 4.98 Å². The second kappa shape index (κ2) is 7.27. The minimum absolute atomic E-state index is 0.0412. The van der Waals surface area contributed by atoms with Crippen LogP contribution in [0.3, 0.4) is 0 Å². The maximum absolute atomic E-state index is 13.4. The Labute approximate surface area is 151 Å². The molecule has 1 amide bonds. The molecule has 1 aliphatic rings. The van der Waals surface area contributed by atoms with Gasteiger partial charge in [0, 0.05) is 25.0 Å². The van der Waals surface area contributed by atoms with Crippen LogP contribution >= 0.6 is 11.8 Å². The molecule has 1 aromatic carbocycles. The normalized spacial score (nSPS) is 15.4. The maximum Gasteiger partial charge on any atom is 0.273 e. The fourth-order valence-electron chi connectivity index (χ4n) is 3.29. The monoisotopic (exact) mass is 352 g/mol. The molecule has 4 rings (SSSR count). The average Bonchev–Trinajstić information content (AvgIpc) is 3.11. The fourth-order valence-corrected chi connectivity index (χ4v) is 4.37. The molecule has 1 fully saturated rings. The Bertz CT molecular complexity index is 858. The molecule has 2 aromatic heterocycles. The Hall–Kier alpha value is -2.34. The summed E-state index contributed by atoms with van der Waals surface area (Å²) in [7, 11) is 0. The molecule has 3 aromatic rings. The van der Waals surface area contributed by atoms with Gasteiger partial charge in [-0.1, -0.05) is 30.3 Å². The van der Waals surface area contributed by atoms with Gasteiger partial charge in [-0.15, -0.1) is 0 Å². The van der Waals surface area contributed by atoms with Crippen molar-refractivity contribution in [2.24, 2.45) is 0 Å². The second-order valence-electron chi connectivity index (χ2n) is 6.21. The molecule has 0 aliphatic carbocycles. The van der Waals surface area contributed by atoms with Crippen molar-refractivity contribution in [3.8, 4) is 0 Å². The van der Waals surface area contributed by atoms with E-state index in [1.54, 1.807) is 24.8 Å². The quantitative estimate of drug-likeness (QED) is 0.723. The molecular weight excluding hydrogens is 332 g/mol. The van der Waals surface area contributed by atoms with Gasteiger partial charge in [0.15, 0.2) is 5.65 Å². The van der Waals surface area contributed by atoms with Crippen LogP contribution in [0.4, 0.5) is 0 Å². The molecule has 0 N–H and O–H groups in total. The first kappa shape index (κ1) is 16.1. The van der Waals surface area contributed by atoms with Gasteiger partial charge >= 0.3 is 0 Å². The van der Waals surface area contributed by atoms with Crippen molar-refractivity contribution >= 4 is 23.3 Å². The molecule has 6 heteroatoms. The number of nitrogens with zero attached hydrogens (tertiary/aromatic N) is 4. The van der Waals surface area contributed by atoms with Crippen LogP contribution in [0.15, 0.2) is 55.1 Å². The molecule has 0 bridgehead atoms. The van der Waals surface area contributed by atoms with Crippen LogP contribution in [0, 0.1) is 0 Å². The van der Waals surface area contributed by atoms with Crippen molar-refractivity contribution in [3.05, 3.63) is 66.4 Å². The molecule has 0 atom stereocenters. The lowest BCUT2D eigenvalue weighted by Gasteiger charge is -2.34. The number of carbonyl (C=O) groups excluding carboxylic acids is 1. The van der Waals surface area contributed by atoms with Crippen molar-refractivity contribution in [1.29, 1.82) is 0 Å². The maximum atomic E-state index is 13.4. The zero-order valence-corrected chi connectivity index (χ0v) is 14.7. The van der Waals surface area contributed by atoms with Crippen LogP contribution in [0.5, 0.6) is 0 Å². The summed E-state index contributed by atoms with van der Waals surface area (Å²) in [4.78, 5) is 23.8. The summed E-state index contributed by atoms with van der Waals surface area (Å²) in [6, 6.07) is 10.5. The largest absolute Gasteiger partial charge is 0.330 e. The summed E-state index contributed by atoms with van der Waals surface area (Å²) in [6.07, 6.45) is 8.91. The molecule has 0 radical (unpaired) electrons. The summed E-state index contributed by atoms with van der Waals surface area (Å²) >= 11 is 1.97. The highest BCUT2D eigenvalue weighted by Crippen LogP contribution is 2.25. The van der Waals surface area contributed by atoms with Crippen molar-refractivity contribution in [2.45, 2.75) is 25.4 Å². The van der Waals surface area contributed by atoms with E-state index in [1.807, 2.05) is 39.3 Å². The highest BCUT2D eigenvalue weighted by atomic mass is 32.2. The first-order chi connectivity index (χ1) is 12.3. The minimum atomic E-state index is 0.0412. The van der Waals surface area contributed by atoms with E-state index in [2.05, 4.69) is 22.1 Å². The number of hydrogen-bond acceptors (Lipinski definition) is 4. The number of fused-ring (bicyclic) bond motifs is 1. The lowest BCUT2D eigenvalue weighted by atomic mass is 10.1. The van der Waals surface area contributed by atoms with E-state index in [4.69, 9.17) is 0 Å². The first-order valence-corrected chi connectivity index (χ1v) is 9.68. The number of carbonyl (C=O) groups is 1. The van der Waals surface area contributed by atoms with E-state index in [0.29, 0.717) is 17.9 Å². The number of amides is 1. The molecule has 1 aliphatic heterocycles. The molecule has 0 unspecified atom stereocenters. The summed E-state index contributed by atoms with van der Waals surface area (Å²) in [5.41, 5.74) is 2.46. The standard InChI is InChI=1S/C19H20N4OS/c24-19(17-12-21-18-13-20-8-9-22(17)18)23(16-6-10-25-11-7-16)14-15-4-2-1-3-5-15/h1-5,8-9,12-13,16H,6-7,10-11,14H2. The van der Waals surface area contributed by atoms with Crippen LogP contribution in [-0.2, 0) is 6.54 Å². The second-order valence-corrected chi connectivity index (χ2v) is 7.43. The third kappa shape index (κ3) is 3.39. The van der Waals surface area contributed by atoms with Crippen LogP contribution in [0.1, 0.15) is 28.9 Å². The number of thioether (sulfide) groups is 1. The Kier molecular flexibility index (Phi) is 4.70. The summed E-state index contributed by atoms with van der Waals surface area (Å²) in [5, 5.41) is 0. The number of hydrogen-bond donors (Lipinski definition) is 0. The molecule has 0 spiro atoms. The van der Waals surface area contributed by atoms with Gasteiger partial charge in [-0.2, -0.15) is 11.8 Å². The SMILES string of the molecule is O=C(c1cnc2cnccn12)N(Cc1ccccc1)C1CCSCC1. The molecule has 0 saturated carbocycles. The van der Waals surface area contributed by atoms with Gasteiger partial charge in [0.1, 0.15) is 5.69 Å². The van der Waals surface area contributed by atoms with Crippen LogP contribution < -0.4 is 0 Å². The number of imidazole rings is 1. The predicted octanol–water partition coefficient (Wildman–Crippen LogP) is 3.27. The highest BCUT2D eigenvalue weighted by Gasteiger charge is 2.28. The van der Waals surface area contributed by atoms with E-state index >= 15 is 0 Å². The van der Waals surface area contributed by atoms with Gasteiger partial charge in [-0.05, 0) is 29.9 Å². The molecule has 5 nitrogen and oxygen atoms in total. The van der Waals surface area contributed by atoms with Crippen molar-refractivity contribution in [2.75, 3.05) is 11.5 Å². The van der Waals surface area contributed by atoms with E-state index < -0.39 is 0 Å². The van der Waals surface area contributed by atoms with Gasteiger partial charge in [0.2, 0.25) is 0 Å². The average molecular weight is 352 g/mol. The zero-order chi connectivity index (χ0) is 17.1. The zero-order valence-electron chi connectivity index (χ0n) is 13.9. The van der Waals surface area contributed by atoms with Crippen LogP contribution in [-0.4, -0.2) is 42.7 Å². The molecular formula is C19H20N4OS. The predicted molar refractivity (Wildman–Crippen MR) is 99.6 cm³/mol. The molecule has 25 heavy (non-hydrogen) atoms. The van der Waals surface area contributed by atoms with Gasteiger partial charge in [0.05, 0.1) is 12.4 Å². The van der Waals surface area contributed by atoms with E-state index in [-0.39, 0.29) is 11.9 Å². The third-order valence-corrected chi connectivity index (χ3v) is 5.67. The van der Waals surface area contributed by atoms with Crippen molar-refractivity contribution in [3.63, 3.8) is 0 Å². The summed E-state index contributed by atoms with van der Waals surface area (Å²) in [6.45, 7) is 0.632. The van der Waals surface area contributed by atoms with Gasteiger partial charge < -0.3 is 4.90 Å². The Morgan fingerprint density at radius 2 is 2.00 bits per heavy atom.